The fourth-order valence-electron chi connectivity index (χ4n) is 4.11. The molecule has 1 aromatic heterocycles. The molecule has 4 rings (SSSR count). The van der Waals surface area contributed by atoms with Gasteiger partial charge in [-0.15, -0.1) is 0 Å². The number of nitrogens with one attached hydrogen (secondary N) is 1. The number of carbonyl (C=O) groups excluding carboxylic acids is 1. The number of anilines is 2. The molecular formula is C24H27Cl2N5O3S. The Kier molecular flexibility index (Phi) is 7.42. The lowest BCUT2D eigenvalue weighted by molar-refractivity contribution is 0.102. The highest BCUT2D eigenvalue weighted by atomic mass is 35.5. The molecule has 1 fully saturated rings. The molecule has 1 saturated heterocycles. The molecule has 1 aliphatic heterocycles. The largest absolute Gasteiger partial charge is 0.369 e. The summed E-state index contributed by atoms with van der Waals surface area (Å²) in [6.45, 7) is 8.04. The molecule has 0 atom stereocenters. The van der Waals surface area contributed by atoms with Gasteiger partial charge in [-0.1, -0.05) is 35.3 Å². The van der Waals surface area contributed by atoms with Crippen molar-refractivity contribution in [2.45, 2.75) is 32.3 Å². The van der Waals surface area contributed by atoms with Crippen LogP contribution in [-0.2, 0) is 16.6 Å². The van der Waals surface area contributed by atoms with E-state index in [2.05, 4.69) is 41.3 Å². The van der Waals surface area contributed by atoms with Crippen molar-refractivity contribution in [2.75, 3.05) is 36.4 Å². The fraction of sp³-hybridized carbons (Fsp3) is 0.333. The number of sulfonamides is 1. The van der Waals surface area contributed by atoms with E-state index in [0.29, 0.717) is 48.5 Å². The molecule has 8 nitrogen and oxygen atoms in total. The third-order valence-electron chi connectivity index (χ3n) is 6.16. The van der Waals surface area contributed by atoms with E-state index in [1.807, 2.05) is 13.0 Å². The first kappa shape index (κ1) is 25.5. The average Bonchev–Trinajstić information content (AvgIpc) is 3.26. The summed E-state index contributed by atoms with van der Waals surface area (Å²) in [5, 5.41) is 7.36. The Bertz CT molecular complexity index is 1350. The Hall–Kier alpha value is -2.59. The Balaban J connectivity index is 1.57. The number of benzene rings is 2. The van der Waals surface area contributed by atoms with Crippen LogP contribution in [0.4, 0.5) is 11.4 Å². The highest BCUT2D eigenvalue weighted by molar-refractivity contribution is 7.89. The molecule has 11 heteroatoms. The Morgan fingerprint density at radius 1 is 1.06 bits per heavy atom. The van der Waals surface area contributed by atoms with Crippen LogP contribution in [-0.4, -0.2) is 54.6 Å². The molecule has 3 aromatic rings. The van der Waals surface area contributed by atoms with Gasteiger partial charge in [0.1, 0.15) is 0 Å². The van der Waals surface area contributed by atoms with Crippen molar-refractivity contribution in [3.63, 3.8) is 0 Å². The topological polar surface area (TPSA) is 87.5 Å². The van der Waals surface area contributed by atoms with E-state index in [1.165, 1.54) is 38.4 Å². The SMILES string of the molecule is CCn1cc(C(=O)Nc2cc(Cl)cc(Cl)c2)c(S(=O)(=O)N2CCN(c3cccc(C)c3C)CC2)n1. The standard InChI is InChI=1S/C24H27Cl2N5O3S/c1-4-30-15-21(23(32)27-20-13-18(25)12-19(26)14-20)24(28-30)35(33,34)31-10-8-29(9-11-31)22-7-5-6-16(2)17(22)3/h5-7,12-15H,4,8-11H2,1-3H3,(H,27,32). The van der Waals surface area contributed by atoms with Crippen LogP contribution in [0.25, 0.3) is 0 Å². The van der Waals surface area contributed by atoms with Crippen LogP contribution >= 0.6 is 23.2 Å². The van der Waals surface area contributed by atoms with Crippen LogP contribution < -0.4 is 10.2 Å². The van der Waals surface area contributed by atoms with Gasteiger partial charge >= 0.3 is 0 Å². The summed E-state index contributed by atoms with van der Waals surface area (Å²) in [5.74, 6) is -0.601. The molecule has 1 aliphatic rings. The number of hydrogen-bond acceptors (Lipinski definition) is 5. The minimum Gasteiger partial charge on any atom is -0.369 e. The summed E-state index contributed by atoms with van der Waals surface area (Å²) in [6, 6.07) is 10.7. The van der Waals surface area contributed by atoms with Crippen LogP contribution in [0.3, 0.4) is 0 Å². The zero-order chi connectivity index (χ0) is 25.3. The number of rotatable bonds is 6. The van der Waals surface area contributed by atoms with E-state index >= 15 is 0 Å². The smallest absolute Gasteiger partial charge is 0.263 e. The van der Waals surface area contributed by atoms with Crippen molar-refractivity contribution in [1.82, 2.24) is 14.1 Å². The van der Waals surface area contributed by atoms with Gasteiger partial charge in [0.05, 0.1) is 5.56 Å². The molecular weight excluding hydrogens is 509 g/mol. The van der Waals surface area contributed by atoms with E-state index < -0.39 is 15.9 Å². The number of aryl methyl sites for hydroxylation is 2. The highest BCUT2D eigenvalue weighted by Crippen LogP contribution is 2.27. The molecule has 2 aromatic carbocycles. The molecule has 0 spiro atoms. The highest BCUT2D eigenvalue weighted by Gasteiger charge is 2.35. The van der Waals surface area contributed by atoms with E-state index in [1.54, 1.807) is 6.07 Å². The summed E-state index contributed by atoms with van der Waals surface area (Å²) < 4.78 is 30.0. The van der Waals surface area contributed by atoms with Gasteiger partial charge in [-0.25, -0.2) is 8.42 Å². The Morgan fingerprint density at radius 2 is 1.71 bits per heavy atom. The van der Waals surface area contributed by atoms with Crippen LogP contribution in [0, 0.1) is 13.8 Å². The molecule has 1 N–H and O–H groups in total. The second kappa shape index (κ2) is 10.2. The van der Waals surface area contributed by atoms with Gasteiger partial charge in [0, 0.05) is 60.3 Å². The first-order valence-electron chi connectivity index (χ1n) is 11.3. The van der Waals surface area contributed by atoms with Crippen molar-refractivity contribution in [1.29, 1.82) is 0 Å². The first-order chi connectivity index (χ1) is 16.6. The quantitative estimate of drug-likeness (QED) is 0.498. The third-order valence-corrected chi connectivity index (χ3v) is 8.43. The van der Waals surface area contributed by atoms with Crippen LogP contribution in [0.1, 0.15) is 28.4 Å². The van der Waals surface area contributed by atoms with E-state index in [0.717, 1.165) is 5.69 Å². The number of nitrogens with zero attached hydrogens (tertiary/aromatic N) is 4. The molecule has 0 saturated carbocycles. The minimum atomic E-state index is -4.00. The monoisotopic (exact) mass is 535 g/mol. The maximum Gasteiger partial charge on any atom is 0.263 e. The van der Waals surface area contributed by atoms with Crippen molar-refractivity contribution < 1.29 is 13.2 Å². The normalized spacial score (nSPS) is 14.8. The molecule has 0 unspecified atom stereocenters. The number of amides is 1. The summed E-state index contributed by atoms with van der Waals surface area (Å²) in [6.07, 6.45) is 1.45. The zero-order valence-corrected chi connectivity index (χ0v) is 22.1. The third kappa shape index (κ3) is 5.33. The Labute approximate surface area is 215 Å². The predicted octanol–water partition coefficient (Wildman–Crippen LogP) is 4.59. The molecule has 0 aliphatic carbocycles. The lowest BCUT2D eigenvalue weighted by atomic mass is 10.1. The van der Waals surface area contributed by atoms with Gasteiger partial charge in [-0.3, -0.25) is 9.48 Å². The number of aromatic nitrogens is 2. The zero-order valence-electron chi connectivity index (χ0n) is 19.8. The number of halogens is 2. The summed E-state index contributed by atoms with van der Waals surface area (Å²) in [7, 11) is -4.00. The van der Waals surface area contributed by atoms with Crippen LogP contribution in [0.15, 0.2) is 47.6 Å². The second-order valence-electron chi connectivity index (χ2n) is 8.43. The fourth-order valence-corrected chi connectivity index (χ4v) is 6.15. The van der Waals surface area contributed by atoms with Crippen molar-refractivity contribution in [3.05, 3.63) is 69.3 Å². The predicted molar refractivity (Wildman–Crippen MR) is 139 cm³/mol. The molecule has 35 heavy (non-hydrogen) atoms. The lowest BCUT2D eigenvalue weighted by Crippen LogP contribution is -2.49. The van der Waals surface area contributed by atoms with E-state index in [4.69, 9.17) is 23.2 Å². The maximum absolute atomic E-state index is 13.6. The minimum absolute atomic E-state index is 0.0279. The number of piperazine rings is 1. The van der Waals surface area contributed by atoms with Crippen LogP contribution in [0.5, 0.6) is 0 Å². The molecule has 0 radical (unpaired) electrons. The van der Waals surface area contributed by atoms with Crippen molar-refractivity contribution >= 4 is 50.5 Å². The van der Waals surface area contributed by atoms with Gasteiger partial charge in [-0.2, -0.15) is 9.40 Å². The summed E-state index contributed by atoms with van der Waals surface area (Å²) in [4.78, 5) is 15.3. The van der Waals surface area contributed by atoms with E-state index in [-0.39, 0.29) is 10.6 Å². The van der Waals surface area contributed by atoms with Gasteiger partial charge in [0.25, 0.3) is 15.9 Å². The average molecular weight is 536 g/mol. The molecule has 2 heterocycles. The van der Waals surface area contributed by atoms with Crippen molar-refractivity contribution in [2.24, 2.45) is 0 Å². The molecule has 1 amide bonds. The summed E-state index contributed by atoms with van der Waals surface area (Å²) >= 11 is 12.1. The lowest BCUT2D eigenvalue weighted by Gasteiger charge is -2.36. The van der Waals surface area contributed by atoms with Crippen LogP contribution in [0.2, 0.25) is 10.0 Å². The van der Waals surface area contributed by atoms with E-state index in [9.17, 15) is 13.2 Å². The first-order valence-corrected chi connectivity index (χ1v) is 13.5. The van der Waals surface area contributed by atoms with Gasteiger partial charge in [0.2, 0.25) is 5.03 Å². The van der Waals surface area contributed by atoms with Gasteiger partial charge in [0.15, 0.2) is 0 Å². The van der Waals surface area contributed by atoms with Gasteiger partial charge in [-0.05, 0) is 56.2 Å². The summed E-state index contributed by atoms with van der Waals surface area (Å²) in [5.41, 5.74) is 3.82. The second-order valence-corrected chi connectivity index (χ2v) is 11.2. The molecule has 186 valence electrons. The Morgan fingerprint density at radius 3 is 2.34 bits per heavy atom. The maximum atomic E-state index is 13.6. The number of carbonyl (C=O) groups is 1. The molecule has 0 bridgehead atoms. The van der Waals surface area contributed by atoms with Crippen molar-refractivity contribution in [3.8, 4) is 0 Å². The van der Waals surface area contributed by atoms with Gasteiger partial charge < -0.3 is 10.2 Å². The number of hydrogen-bond donors (Lipinski definition) is 1.